The summed E-state index contributed by atoms with van der Waals surface area (Å²) in [4.78, 5) is 22.4. The molecule has 0 fully saturated rings. The molecule has 29 heavy (non-hydrogen) atoms. The maximum absolute atomic E-state index is 13.2. The van der Waals surface area contributed by atoms with Gasteiger partial charge in [-0.3, -0.25) is 0 Å². The molecule has 14 heteroatoms. The molecule has 1 aromatic heterocycles. The Bertz CT molecular complexity index is 1090. The predicted octanol–water partition coefficient (Wildman–Crippen LogP) is 2.50. The van der Waals surface area contributed by atoms with Crippen LogP contribution in [0.15, 0.2) is 39.6 Å². The summed E-state index contributed by atoms with van der Waals surface area (Å²) in [5.41, 5.74) is -0.202. The first kappa shape index (κ1) is 23.0. The van der Waals surface area contributed by atoms with Gasteiger partial charge in [0, 0.05) is 12.5 Å². The zero-order chi connectivity index (χ0) is 22.0. The number of halogens is 4. The molecule has 0 saturated carbocycles. The van der Waals surface area contributed by atoms with Crippen molar-refractivity contribution in [3.05, 3.63) is 40.1 Å². The third-order valence-corrected chi connectivity index (χ3v) is 5.11. The molecule has 2 rings (SSSR count). The van der Waals surface area contributed by atoms with E-state index in [1.807, 2.05) is 0 Å². The standard InChI is InChI=1S/C15H12F4O8S2/c1-8(7-25-5-4-14(16,17)15(18,19)29(22,23)24)12(20)26-9-2-3-11-10(6-9)27-13(21)28-11/h2-3,6H,1,4-5,7H2,(H,22,23,24)/p-1. The molecular weight excluding hydrogens is 448 g/mol. The maximum atomic E-state index is 13.2. The van der Waals surface area contributed by atoms with Gasteiger partial charge in [-0.1, -0.05) is 17.9 Å². The lowest BCUT2D eigenvalue weighted by molar-refractivity contribution is -0.170. The second-order valence-corrected chi connectivity index (χ2v) is 7.93. The van der Waals surface area contributed by atoms with Crippen LogP contribution in [0.4, 0.5) is 17.6 Å². The number of carbonyl (C=O) groups is 1. The third kappa shape index (κ3) is 5.20. The van der Waals surface area contributed by atoms with Crippen molar-refractivity contribution < 1.29 is 49.2 Å². The summed E-state index contributed by atoms with van der Waals surface area (Å²) in [5, 5.41) is -5.81. The molecule has 1 aromatic carbocycles. The van der Waals surface area contributed by atoms with E-state index in [1.165, 1.54) is 18.2 Å². The fraction of sp³-hybridized carbons (Fsp3) is 0.333. The normalized spacial score (nSPS) is 12.9. The van der Waals surface area contributed by atoms with Crippen LogP contribution in [0.5, 0.6) is 5.75 Å². The molecule has 0 atom stereocenters. The van der Waals surface area contributed by atoms with Crippen LogP contribution in [0, 0.1) is 0 Å². The average Bonchev–Trinajstić information content (AvgIpc) is 2.96. The molecule has 0 aliphatic rings. The number of hydrogen-bond acceptors (Lipinski definition) is 9. The molecule has 2 aromatic rings. The number of alkyl halides is 4. The number of ether oxygens (including phenoxy) is 2. The number of esters is 1. The van der Waals surface area contributed by atoms with Gasteiger partial charge in [0.1, 0.15) is 5.75 Å². The van der Waals surface area contributed by atoms with Gasteiger partial charge >= 0.3 is 22.1 Å². The van der Waals surface area contributed by atoms with E-state index in [1.54, 1.807) is 0 Å². The van der Waals surface area contributed by atoms with Crippen LogP contribution in [0.1, 0.15) is 6.42 Å². The molecule has 1 heterocycles. The van der Waals surface area contributed by atoms with Gasteiger partial charge in [-0.15, -0.1) is 0 Å². The number of rotatable bonds is 9. The smallest absolute Gasteiger partial charge is 0.396 e. The van der Waals surface area contributed by atoms with Gasteiger partial charge in [0.2, 0.25) is 0 Å². The number of benzene rings is 1. The summed E-state index contributed by atoms with van der Waals surface area (Å²) in [6.07, 6.45) is -1.79. The highest BCUT2D eigenvalue weighted by Crippen LogP contribution is 2.40. The monoisotopic (exact) mass is 459 g/mol. The Balaban J connectivity index is 1.87. The quantitative estimate of drug-likeness (QED) is 0.140. The first-order valence-corrected chi connectivity index (χ1v) is 9.69. The van der Waals surface area contributed by atoms with E-state index in [-0.39, 0.29) is 16.9 Å². The average molecular weight is 459 g/mol. The van der Waals surface area contributed by atoms with Crippen LogP contribution in [-0.2, 0) is 19.6 Å². The molecule has 0 N–H and O–H groups in total. The van der Waals surface area contributed by atoms with Crippen LogP contribution in [0.3, 0.4) is 0 Å². The van der Waals surface area contributed by atoms with Gasteiger partial charge in [-0.25, -0.2) is 18.0 Å². The van der Waals surface area contributed by atoms with Crippen LogP contribution >= 0.6 is 11.3 Å². The summed E-state index contributed by atoms with van der Waals surface area (Å²) in [6.45, 7) is 1.49. The second-order valence-electron chi connectivity index (χ2n) is 5.53. The molecule has 0 bridgehead atoms. The largest absolute Gasteiger partial charge is 0.743 e. The lowest BCUT2D eigenvalue weighted by Crippen LogP contribution is -2.47. The van der Waals surface area contributed by atoms with Crippen LogP contribution in [0.25, 0.3) is 10.3 Å². The van der Waals surface area contributed by atoms with E-state index in [4.69, 9.17) is 9.15 Å². The van der Waals surface area contributed by atoms with Crippen molar-refractivity contribution in [1.29, 1.82) is 0 Å². The van der Waals surface area contributed by atoms with Crippen molar-refractivity contribution in [2.45, 2.75) is 17.6 Å². The van der Waals surface area contributed by atoms with Crippen LogP contribution in [0.2, 0.25) is 0 Å². The van der Waals surface area contributed by atoms with E-state index < -0.39 is 51.8 Å². The molecule has 160 valence electrons. The van der Waals surface area contributed by atoms with Gasteiger partial charge in [0.15, 0.2) is 15.7 Å². The van der Waals surface area contributed by atoms with Crippen molar-refractivity contribution in [2.24, 2.45) is 0 Å². The molecule has 0 aliphatic heterocycles. The third-order valence-electron chi connectivity index (χ3n) is 3.38. The summed E-state index contributed by atoms with van der Waals surface area (Å²) in [6, 6.07) is 4.07. The van der Waals surface area contributed by atoms with E-state index in [9.17, 15) is 40.1 Å². The first-order valence-electron chi connectivity index (χ1n) is 7.47. The minimum absolute atomic E-state index is 0.0166. The van der Waals surface area contributed by atoms with Crippen LogP contribution < -0.4 is 9.68 Å². The van der Waals surface area contributed by atoms with E-state index in [0.717, 1.165) is 11.3 Å². The van der Waals surface area contributed by atoms with Crippen LogP contribution in [-0.4, -0.2) is 43.3 Å². The zero-order valence-electron chi connectivity index (χ0n) is 14.2. The molecule has 0 amide bonds. The Labute approximate surface area is 164 Å². The Morgan fingerprint density at radius 2 is 1.93 bits per heavy atom. The van der Waals surface area contributed by atoms with Gasteiger partial charge < -0.3 is 18.4 Å². The summed E-state index contributed by atoms with van der Waals surface area (Å²) < 4.78 is 98.1. The summed E-state index contributed by atoms with van der Waals surface area (Å²) in [7, 11) is -6.58. The Kier molecular flexibility index (Phi) is 6.51. The predicted molar refractivity (Wildman–Crippen MR) is 90.2 cm³/mol. The molecule has 0 unspecified atom stereocenters. The number of hydrogen-bond donors (Lipinski definition) is 0. The minimum atomic E-state index is -6.58. The van der Waals surface area contributed by atoms with Crippen molar-refractivity contribution in [1.82, 2.24) is 0 Å². The van der Waals surface area contributed by atoms with Crippen molar-refractivity contribution in [2.75, 3.05) is 13.2 Å². The van der Waals surface area contributed by atoms with E-state index in [2.05, 4.69) is 11.3 Å². The Morgan fingerprint density at radius 1 is 1.28 bits per heavy atom. The Morgan fingerprint density at radius 3 is 2.55 bits per heavy atom. The highest BCUT2D eigenvalue weighted by Gasteiger charge is 2.61. The fourth-order valence-corrected chi connectivity index (χ4v) is 2.99. The van der Waals surface area contributed by atoms with E-state index in [0.29, 0.717) is 4.70 Å². The molecule has 8 nitrogen and oxygen atoms in total. The van der Waals surface area contributed by atoms with Gasteiger partial charge in [0.05, 0.1) is 23.5 Å². The second kappa shape index (κ2) is 8.22. The molecule has 0 radical (unpaired) electrons. The highest BCUT2D eigenvalue weighted by molar-refractivity contribution is 7.86. The molecule has 0 spiro atoms. The zero-order valence-corrected chi connectivity index (χ0v) is 15.8. The Hall–Kier alpha value is -2.29. The summed E-state index contributed by atoms with van der Waals surface area (Å²) >= 11 is 0.833. The highest BCUT2D eigenvalue weighted by atomic mass is 32.2. The van der Waals surface area contributed by atoms with Gasteiger partial charge in [0.25, 0.3) is 0 Å². The lowest BCUT2D eigenvalue weighted by atomic mass is 10.2. The number of carbonyl (C=O) groups excluding carboxylic acids is 1. The fourth-order valence-electron chi connectivity index (χ4n) is 1.88. The van der Waals surface area contributed by atoms with Gasteiger partial charge in [-0.05, 0) is 12.1 Å². The summed E-state index contributed by atoms with van der Waals surface area (Å²) in [5.74, 6) is -6.23. The lowest BCUT2D eigenvalue weighted by Gasteiger charge is -2.28. The first-order chi connectivity index (χ1) is 13.2. The van der Waals surface area contributed by atoms with Gasteiger partial charge in [-0.2, -0.15) is 17.6 Å². The van der Waals surface area contributed by atoms with Crippen molar-refractivity contribution in [3.8, 4) is 5.75 Å². The van der Waals surface area contributed by atoms with Crippen molar-refractivity contribution >= 4 is 37.7 Å². The SMILES string of the molecule is C=C(COCCC(F)(F)C(F)(F)S(=O)(=O)[O-])C(=O)Oc1ccc2sc(=O)oc2c1. The molecular formula is C15H11F4O8S2-. The maximum Gasteiger partial charge on any atom is 0.396 e. The molecule has 0 aliphatic carbocycles. The van der Waals surface area contributed by atoms with Crippen molar-refractivity contribution in [3.63, 3.8) is 0 Å². The number of fused-ring (bicyclic) bond motifs is 1. The molecule has 0 saturated heterocycles. The van der Waals surface area contributed by atoms with E-state index >= 15 is 0 Å². The topological polar surface area (TPSA) is 123 Å². The minimum Gasteiger partial charge on any atom is -0.743 e.